The summed E-state index contributed by atoms with van der Waals surface area (Å²) in [4.78, 5) is 13.5. The zero-order valence-electron chi connectivity index (χ0n) is 23.1. The fourth-order valence-corrected chi connectivity index (χ4v) is 4.81. The van der Waals surface area contributed by atoms with Crippen LogP contribution in [0.5, 0.6) is 11.5 Å². The molecule has 0 spiro atoms. The van der Waals surface area contributed by atoms with Gasteiger partial charge >= 0.3 is 0 Å². The Morgan fingerprint density at radius 1 is 1.06 bits per heavy atom. The Bertz CT molecular complexity index is 1020. The normalized spacial score (nSPS) is 14.4. The van der Waals surface area contributed by atoms with Crippen LogP contribution in [0.25, 0.3) is 0 Å². The number of amides is 1. The molecule has 0 radical (unpaired) electrons. The standard InChI is InChI=1S/C31H45NO4/c1-7-8-9-11-23(24-12-10-13-27-29(24)36-19-18-35-27)21-28(33)32-26-20-22(16-17-31(5,6)34)14-15-25(26)30(2,3)4/h10,12-15,20,23,34H,7-9,11,16-19,21H2,1-6H3,(H,32,33). The van der Waals surface area contributed by atoms with Gasteiger partial charge in [0.25, 0.3) is 0 Å². The van der Waals surface area contributed by atoms with Gasteiger partial charge in [-0.05, 0) is 67.7 Å². The van der Waals surface area contributed by atoms with Gasteiger partial charge in [-0.3, -0.25) is 4.79 Å². The summed E-state index contributed by atoms with van der Waals surface area (Å²) in [5, 5.41) is 13.4. The van der Waals surface area contributed by atoms with Crippen LogP contribution in [0.1, 0.15) is 103 Å². The van der Waals surface area contributed by atoms with E-state index in [1.807, 2.05) is 26.0 Å². The van der Waals surface area contributed by atoms with Crippen molar-refractivity contribution in [1.29, 1.82) is 0 Å². The minimum Gasteiger partial charge on any atom is -0.486 e. The maximum Gasteiger partial charge on any atom is 0.224 e. The molecule has 2 aromatic rings. The van der Waals surface area contributed by atoms with Crippen LogP contribution in [-0.4, -0.2) is 29.8 Å². The molecule has 1 aliphatic heterocycles. The van der Waals surface area contributed by atoms with Crippen molar-refractivity contribution >= 4 is 11.6 Å². The molecule has 36 heavy (non-hydrogen) atoms. The van der Waals surface area contributed by atoms with Gasteiger partial charge in [0.2, 0.25) is 5.91 Å². The fraction of sp³-hybridized carbons (Fsp3) is 0.581. The molecule has 198 valence electrons. The first-order chi connectivity index (χ1) is 17.0. The lowest BCUT2D eigenvalue weighted by atomic mass is 9.84. The fourth-order valence-electron chi connectivity index (χ4n) is 4.81. The predicted molar refractivity (Wildman–Crippen MR) is 147 cm³/mol. The topological polar surface area (TPSA) is 67.8 Å². The number of carbonyl (C=O) groups is 1. The first-order valence-corrected chi connectivity index (χ1v) is 13.5. The van der Waals surface area contributed by atoms with Crippen LogP contribution in [0.15, 0.2) is 36.4 Å². The average molecular weight is 496 g/mol. The summed E-state index contributed by atoms with van der Waals surface area (Å²) in [6.07, 6.45) is 6.08. The van der Waals surface area contributed by atoms with E-state index in [1.165, 1.54) is 0 Å². The number of unbranched alkanes of at least 4 members (excludes halogenated alkanes) is 2. The third-order valence-corrected chi connectivity index (χ3v) is 6.82. The van der Waals surface area contributed by atoms with Crippen LogP contribution in [0.3, 0.4) is 0 Å². The van der Waals surface area contributed by atoms with Crippen LogP contribution >= 0.6 is 0 Å². The van der Waals surface area contributed by atoms with Crippen LogP contribution in [-0.2, 0) is 16.6 Å². The Morgan fingerprint density at radius 2 is 1.81 bits per heavy atom. The zero-order chi connectivity index (χ0) is 26.3. The van der Waals surface area contributed by atoms with Crippen molar-refractivity contribution < 1.29 is 19.4 Å². The predicted octanol–water partition coefficient (Wildman–Crippen LogP) is 7.15. The smallest absolute Gasteiger partial charge is 0.224 e. The summed E-state index contributed by atoms with van der Waals surface area (Å²) in [6, 6.07) is 12.3. The van der Waals surface area contributed by atoms with Crippen LogP contribution in [0.2, 0.25) is 0 Å². The second kappa shape index (κ2) is 12.1. The highest BCUT2D eigenvalue weighted by Crippen LogP contribution is 2.41. The van der Waals surface area contributed by atoms with Crippen molar-refractivity contribution in [1.82, 2.24) is 0 Å². The van der Waals surface area contributed by atoms with Crippen LogP contribution < -0.4 is 14.8 Å². The molecule has 0 saturated heterocycles. The number of carbonyl (C=O) groups excluding carboxylic acids is 1. The van der Waals surface area contributed by atoms with E-state index in [-0.39, 0.29) is 17.2 Å². The molecule has 5 heteroatoms. The Kier molecular flexibility index (Phi) is 9.46. The molecule has 2 N–H and O–H groups in total. The minimum absolute atomic E-state index is 0.0102. The van der Waals surface area contributed by atoms with E-state index in [9.17, 15) is 9.90 Å². The summed E-state index contributed by atoms with van der Waals surface area (Å²) in [5.41, 5.74) is 3.32. The van der Waals surface area contributed by atoms with E-state index in [0.717, 1.165) is 66.0 Å². The molecule has 5 nitrogen and oxygen atoms in total. The summed E-state index contributed by atoms with van der Waals surface area (Å²) < 4.78 is 11.8. The molecule has 1 heterocycles. The monoisotopic (exact) mass is 495 g/mol. The molecule has 0 aliphatic carbocycles. The van der Waals surface area contributed by atoms with Crippen LogP contribution in [0.4, 0.5) is 5.69 Å². The molecule has 3 rings (SSSR count). The average Bonchev–Trinajstić information content (AvgIpc) is 2.81. The number of hydrogen-bond donors (Lipinski definition) is 2. The van der Waals surface area contributed by atoms with Gasteiger partial charge in [-0.1, -0.05) is 71.2 Å². The van der Waals surface area contributed by atoms with Gasteiger partial charge in [-0.25, -0.2) is 0 Å². The van der Waals surface area contributed by atoms with Crippen molar-refractivity contribution in [3.05, 3.63) is 53.1 Å². The van der Waals surface area contributed by atoms with Gasteiger partial charge in [0, 0.05) is 17.7 Å². The number of anilines is 1. The van der Waals surface area contributed by atoms with E-state index in [2.05, 4.69) is 57.3 Å². The van der Waals surface area contributed by atoms with Crippen molar-refractivity contribution in [3.63, 3.8) is 0 Å². The van der Waals surface area contributed by atoms with Gasteiger partial charge in [0.15, 0.2) is 11.5 Å². The van der Waals surface area contributed by atoms with Crippen molar-refractivity contribution in [2.75, 3.05) is 18.5 Å². The number of aryl methyl sites for hydroxylation is 1. The Morgan fingerprint density at radius 3 is 2.50 bits per heavy atom. The van der Waals surface area contributed by atoms with E-state index in [4.69, 9.17) is 9.47 Å². The number of fused-ring (bicyclic) bond motifs is 1. The minimum atomic E-state index is -0.724. The second-order valence-corrected chi connectivity index (χ2v) is 11.8. The van der Waals surface area contributed by atoms with E-state index >= 15 is 0 Å². The number of para-hydroxylation sites is 1. The number of aliphatic hydroxyl groups is 1. The lowest BCUT2D eigenvalue weighted by Gasteiger charge is -2.26. The molecular weight excluding hydrogens is 450 g/mol. The maximum atomic E-state index is 13.5. The molecule has 1 amide bonds. The van der Waals surface area contributed by atoms with E-state index < -0.39 is 5.60 Å². The largest absolute Gasteiger partial charge is 0.486 e. The highest BCUT2D eigenvalue weighted by Gasteiger charge is 2.26. The first-order valence-electron chi connectivity index (χ1n) is 13.5. The highest BCUT2D eigenvalue weighted by molar-refractivity contribution is 5.92. The Hall–Kier alpha value is -2.53. The van der Waals surface area contributed by atoms with Crippen LogP contribution in [0, 0.1) is 0 Å². The summed E-state index contributed by atoms with van der Waals surface area (Å²) in [5.74, 6) is 1.64. The third kappa shape index (κ3) is 7.99. The van der Waals surface area contributed by atoms with Gasteiger partial charge < -0.3 is 19.9 Å². The number of hydrogen-bond acceptors (Lipinski definition) is 4. The number of nitrogens with one attached hydrogen (secondary N) is 1. The molecule has 0 bridgehead atoms. The molecule has 0 fully saturated rings. The SMILES string of the molecule is CCCCCC(CC(=O)Nc1cc(CCC(C)(C)O)ccc1C(C)(C)C)c1cccc2c1OCCO2. The third-order valence-electron chi connectivity index (χ3n) is 6.82. The van der Waals surface area contributed by atoms with E-state index in [1.54, 1.807) is 0 Å². The van der Waals surface area contributed by atoms with Crippen molar-refractivity contribution in [2.45, 2.75) is 103 Å². The number of rotatable bonds is 11. The lowest BCUT2D eigenvalue weighted by Crippen LogP contribution is -2.22. The molecule has 2 aromatic carbocycles. The highest BCUT2D eigenvalue weighted by atomic mass is 16.6. The lowest BCUT2D eigenvalue weighted by molar-refractivity contribution is -0.116. The first kappa shape index (κ1) is 28.0. The van der Waals surface area contributed by atoms with Crippen molar-refractivity contribution in [3.8, 4) is 11.5 Å². The van der Waals surface area contributed by atoms with Gasteiger partial charge in [-0.15, -0.1) is 0 Å². The molecule has 1 aliphatic rings. The molecular formula is C31H45NO4. The van der Waals surface area contributed by atoms with Gasteiger partial charge in [0.1, 0.15) is 13.2 Å². The molecule has 1 unspecified atom stereocenters. The maximum absolute atomic E-state index is 13.5. The second-order valence-electron chi connectivity index (χ2n) is 11.8. The zero-order valence-corrected chi connectivity index (χ0v) is 23.1. The molecule has 1 atom stereocenters. The van der Waals surface area contributed by atoms with E-state index in [0.29, 0.717) is 26.1 Å². The molecule has 0 saturated carbocycles. The number of benzene rings is 2. The molecule has 0 aromatic heterocycles. The Labute approximate surface area is 217 Å². The van der Waals surface area contributed by atoms with Gasteiger partial charge in [-0.2, -0.15) is 0 Å². The number of ether oxygens (including phenoxy) is 2. The summed E-state index contributed by atoms with van der Waals surface area (Å²) in [7, 11) is 0. The Balaban J connectivity index is 1.84. The summed E-state index contributed by atoms with van der Waals surface area (Å²) >= 11 is 0. The van der Waals surface area contributed by atoms with Gasteiger partial charge in [0.05, 0.1) is 5.60 Å². The van der Waals surface area contributed by atoms with Crippen molar-refractivity contribution in [2.24, 2.45) is 0 Å². The summed E-state index contributed by atoms with van der Waals surface area (Å²) in [6.45, 7) is 13.4. The quantitative estimate of drug-likeness (QED) is 0.325.